The molecule has 5 nitrogen and oxygen atoms in total. The van der Waals surface area contributed by atoms with Gasteiger partial charge in [-0.1, -0.05) is 59.8 Å². The Bertz CT molecular complexity index is 1390. The Morgan fingerprint density at radius 1 is 0.971 bits per heavy atom. The molecule has 1 heterocycles. The summed E-state index contributed by atoms with van der Waals surface area (Å²) < 4.78 is 1.77. The highest BCUT2D eigenvalue weighted by Gasteiger charge is 2.19. The molecule has 178 valence electrons. The molecule has 0 aliphatic carbocycles. The van der Waals surface area contributed by atoms with Crippen molar-refractivity contribution in [3.05, 3.63) is 89.0 Å². The van der Waals surface area contributed by atoms with E-state index >= 15 is 0 Å². The van der Waals surface area contributed by atoms with Gasteiger partial charge in [0, 0.05) is 17.5 Å². The van der Waals surface area contributed by atoms with Crippen molar-refractivity contribution in [1.82, 2.24) is 4.98 Å². The van der Waals surface area contributed by atoms with E-state index in [4.69, 9.17) is 0 Å². The van der Waals surface area contributed by atoms with E-state index in [0.717, 1.165) is 36.9 Å². The van der Waals surface area contributed by atoms with Crippen LogP contribution < -0.4 is 10.6 Å². The van der Waals surface area contributed by atoms with Crippen molar-refractivity contribution in [1.29, 1.82) is 0 Å². The van der Waals surface area contributed by atoms with E-state index in [1.165, 1.54) is 34.7 Å². The molecule has 0 saturated heterocycles. The number of nitrogens with zero attached hydrogens (tertiary/aromatic N) is 1. The molecule has 0 bridgehead atoms. The molecule has 7 heteroatoms. The lowest BCUT2D eigenvalue weighted by atomic mass is 10.1. The summed E-state index contributed by atoms with van der Waals surface area (Å²) in [5, 5.41) is 5.67. The molecule has 2 amide bonds. The quantitative estimate of drug-likeness (QED) is 0.211. The monoisotopic (exact) mass is 501 g/mol. The fraction of sp³-hybridized carbons (Fsp3) is 0.179. The number of amides is 2. The molecule has 35 heavy (non-hydrogen) atoms. The molecule has 1 atom stereocenters. The van der Waals surface area contributed by atoms with Gasteiger partial charge in [-0.05, 0) is 68.7 Å². The average Bonchev–Trinajstić information content (AvgIpc) is 3.22. The van der Waals surface area contributed by atoms with Gasteiger partial charge in [0.25, 0.3) is 0 Å². The molecule has 2 N–H and O–H groups in total. The topological polar surface area (TPSA) is 71.1 Å². The molecule has 0 fully saturated rings. The maximum Gasteiger partial charge on any atom is 0.248 e. The number of fused-ring (bicyclic) bond motifs is 1. The number of thiazole rings is 1. The Morgan fingerprint density at radius 2 is 1.69 bits per heavy atom. The number of anilines is 2. The number of rotatable bonds is 7. The Hall–Kier alpha value is -3.42. The van der Waals surface area contributed by atoms with Crippen LogP contribution in [0.2, 0.25) is 0 Å². The minimum Gasteiger partial charge on any atom is -0.325 e. The van der Waals surface area contributed by atoms with Crippen LogP contribution in [0.5, 0.6) is 0 Å². The predicted octanol–water partition coefficient (Wildman–Crippen LogP) is 6.99. The van der Waals surface area contributed by atoms with Gasteiger partial charge in [0.15, 0.2) is 4.34 Å². The van der Waals surface area contributed by atoms with Gasteiger partial charge < -0.3 is 10.6 Å². The first kappa shape index (κ1) is 24.7. The van der Waals surface area contributed by atoms with Crippen LogP contribution in [0.15, 0.2) is 71.1 Å². The van der Waals surface area contributed by atoms with Gasteiger partial charge in [-0.3, -0.25) is 9.59 Å². The Labute approximate surface area is 213 Å². The number of thioether (sulfide) groups is 1. The lowest BCUT2D eigenvalue weighted by Crippen LogP contribution is -2.23. The Morgan fingerprint density at radius 3 is 2.40 bits per heavy atom. The number of carbonyl (C=O) groups is 2. The van der Waals surface area contributed by atoms with E-state index in [9.17, 15) is 9.59 Å². The van der Waals surface area contributed by atoms with Crippen LogP contribution in [0.3, 0.4) is 0 Å². The molecule has 3 aromatic carbocycles. The summed E-state index contributed by atoms with van der Waals surface area (Å²) in [6.45, 7) is 7.95. The summed E-state index contributed by atoms with van der Waals surface area (Å²) in [6, 6.07) is 19.5. The largest absolute Gasteiger partial charge is 0.325 e. The van der Waals surface area contributed by atoms with Crippen LogP contribution >= 0.6 is 23.1 Å². The van der Waals surface area contributed by atoms with Crippen molar-refractivity contribution in [3.63, 3.8) is 0 Å². The van der Waals surface area contributed by atoms with Crippen LogP contribution in [-0.4, -0.2) is 22.0 Å². The zero-order valence-corrected chi connectivity index (χ0v) is 21.7. The average molecular weight is 502 g/mol. The Kier molecular flexibility index (Phi) is 7.68. The van der Waals surface area contributed by atoms with E-state index < -0.39 is 0 Å². The van der Waals surface area contributed by atoms with Gasteiger partial charge in [0.1, 0.15) is 0 Å². The van der Waals surface area contributed by atoms with Gasteiger partial charge >= 0.3 is 0 Å². The zero-order chi connectivity index (χ0) is 24.9. The van der Waals surface area contributed by atoms with Crippen LogP contribution in [0.1, 0.15) is 29.2 Å². The maximum absolute atomic E-state index is 12.9. The SMILES string of the molecule is Cc1cc(C)c(NC(=O)[C@@H](C)Sc2nc3ccc(NC(=O)/C=C/c4ccccc4)cc3s2)c(C)c1. The van der Waals surface area contributed by atoms with Crippen molar-refractivity contribution in [3.8, 4) is 0 Å². The van der Waals surface area contributed by atoms with Crippen LogP contribution in [0.25, 0.3) is 16.3 Å². The third-order valence-electron chi connectivity index (χ3n) is 5.44. The molecule has 0 unspecified atom stereocenters. The molecular weight excluding hydrogens is 474 g/mol. The standard InChI is InChI=1S/C28H27N3O2S2/c1-17-14-18(2)26(19(3)15-17)31-27(33)20(4)34-28-30-23-12-11-22(16-24(23)35-28)29-25(32)13-10-21-8-6-5-7-9-21/h5-16,20H,1-4H3,(H,29,32)(H,31,33)/b13-10+/t20-/m1/s1. The Balaban J connectivity index is 1.40. The number of carbonyl (C=O) groups excluding carboxylic acids is 2. The smallest absolute Gasteiger partial charge is 0.248 e. The summed E-state index contributed by atoms with van der Waals surface area (Å²) in [6.07, 6.45) is 3.30. The normalized spacial score (nSPS) is 12.1. The van der Waals surface area contributed by atoms with Gasteiger partial charge in [0.2, 0.25) is 11.8 Å². The van der Waals surface area contributed by atoms with Crippen molar-refractivity contribution >= 4 is 62.6 Å². The van der Waals surface area contributed by atoms with Crippen molar-refractivity contribution in [2.24, 2.45) is 0 Å². The fourth-order valence-corrected chi connectivity index (χ4v) is 6.01. The number of benzene rings is 3. The lowest BCUT2D eigenvalue weighted by Gasteiger charge is -2.15. The van der Waals surface area contributed by atoms with Crippen LogP contribution in [0.4, 0.5) is 11.4 Å². The number of aryl methyl sites for hydroxylation is 3. The summed E-state index contributed by atoms with van der Waals surface area (Å²) in [4.78, 5) is 29.8. The minimum atomic E-state index is -0.307. The van der Waals surface area contributed by atoms with E-state index in [0.29, 0.717) is 5.69 Å². The van der Waals surface area contributed by atoms with E-state index in [2.05, 4.69) is 34.7 Å². The highest BCUT2D eigenvalue weighted by Crippen LogP contribution is 2.34. The predicted molar refractivity (Wildman–Crippen MR) is 148 cm³/mol. The van der Waals surface area contributed by atoms with Crippen molar-refractivity contribution in [2.75, 3.05) is 10.6 Å². The fourth-order valence-electron chi connectivity index (χ4n) is 3.76. The van der Waals surface area contributed by atoms with Crippen LogP contribution in [0, 0.1) is 20.8 Å². The van der Waals surface area contributed by atoms with Crippen molar-refractivity contribution < 1.29 is 9.59 Å². The second kappa shape index (κ2) is 10.9. The zero-order valence-electron chi connectivity index (χ0n) is 20.1. The van der Waals surface area contributed by atoms with E-state index in [1.54, 1.807) is 6.08 Å². The molecule has 1 aromatic heterocycles. The minimum absolute atomic E-state index is 0.0533. The van der Waals surface area contributed by atoms with Crippen LogP contribution in [-0.2, 0) is 9.59 Å². The number of hydrogen-bond donors (Lipinski definition) is 2. The summed E-state index contributed by atoms with van der Waals surface area (Å²) in [5.74, 6) is -0.248. The number of nitrogens with one attached hydrogen (secondary N) is 2. The number of aromatic nitrogens is 1. The second-order valence-electron chi connectivity index (χ2n) is 8.42. The molecule has 4 aromatic rings. The number of hydrogen-bond acceptors (Lipinski definition) is 5. The highest BCUT2D eigenvalue weighted by molar-refractivity contribution is 8.02. The summed E-state index contributed by atoms with van der Waals surface area (Å²) in [7, 11) is 0. The van der Waals surface area contributed by atoms with Gasteiger partial charge in [-0.2, -0.15) is 0 Å². The molecular formula is C28H27N3O2S2. The first-order valence-electron chi connectivity index (χ1n) is 11.3. The van der Waals surface area contributed by atoms with Gasteiger partial charge in [-0.25, -0.2) is 4.98 Å². The van der Waals surface area contributed by atoms with Gasteiger partial charge in [-0.15, -0.1) is 11.3 Å². The molecule has 0 saturated carbocycles. The molecule has 0 spiro atoms. The highest BCUT2D eigenvalue weighted by atomic mass is 32.2. The second-order valence-corrected chi connectivity index (χ2v) is 11.0. The first-order valence-corrected chi connectivity index (χ1v) is 13.0. The third kappa shape index (κ3) is 6.38. The molecule has 0 aliphatic heterocycles. The van der Waals surface area contributed by atoms with E-state index in [1.807, 2.05) is 69.3 Å². The lowest BCUT2D eigenvalue weighted by molar-refractivity contribution is -0.115. The summed E-state index contributed by atoms with van der Waals surface area (Å²) >= 11 is 2.95. The van der Waals surface area contributed by atoms with Gasteiger partial charge in [0.05, 0.1) is 15.5 Å². The molecule has 0 radical (unpaired) electrons. The summed E-state index contributed by atoms with van der Waals surface area (Å²) in [5.41, 5.74) is 6.68. The molecule has 0 aliphatic rings. The first-order chi connectivity index (χ1) is 16.8. The third-order valence-corrected chi connectivity index (χ3v) is 7.65. The molecule has 4 rings (SSSR count). The van der Waals surface area contributed by atoms with Crippen molar-refractivity contribution in [2.45, 2.75) is 37.3 Å². The maximum atomic E-state index is 12.9. The van der Waals surface area contributed by atoms with E-state index in [-0.39, 0.29) is 17.1 Å².